The second kappa shape index (κ2) is 4.49. The highest BCUT2D eigenvalue weighted by molar-refractivity contribution is 5.31. The van der Waals surface area contributed by atoms with E-state index in [1.165, 1.54) is 16.7 Å². The number of nitrogens with two attached hydrogens (primary N) is 1. The first-order valence-electron chi connectivity index (χ1n) is 5.45. The standard InChI is InChI=1S/C13H17N3/c1-10-3-4-12(7-11(10)2)13(14)8-16-6-5-15-9-16/h3-7,9,13H,8,14H2,1-2H3. The van der Waals surface area contributed by atoms with Gasteiger partial charge in [0, 0.05) is 25.0 Å². The van der Waals surface area contributed by atoms with Gasteiger partial charge in [0.15, 0.2) is 0 Å². The largest absolute Gasteiger partial charge is 0.336 e. The molecule has 0 saturated heterocycles. The molecule has 3 heteroatoms. The Morgan fingerprint density at radius 2 is 2.12 bits per heavy atom. The summed E-state index contributed by atoms with van der Waals surface area (Å²) in [6.45, 7) is 4.99. The van der Waals surface area contributed by atoms with Crippen molar-refractivity contribution in [1.82, 2.24) is 9.55 Å². The zero-order valence-corrected chi connectivity index (χ0v) is 9.72. The molecule has 2 aromatic rings. The van der Waals surface area contributed by atoms with Gasteiger partial charge in [0.2, 0.25) is 0 Å². The molecule has 0 aliphatic rings. The highest BCUT2D eigenvalue weighted by Crippen LogP contribution is 2.16. The van der Waals surface area contributed by atoms with Gasteiger partial charge in [-0.3, -0.25) is 0 Å². The van der Waals surface area contributed by atoms with E-state index in [2.05, 4.69) is 37.0 Å². The van der Waals surface area contributed by atoms with Gasteiger partial charge in [-0.25, -0.2) is 4.98 Å². The van der Waals surface area contributed by atoms with Gasteiger partial charge in [-0.2, -0.15) is 0 Å². The van der Waals surface area contributed by atoms with Crippen molar-refractivity contribution in [2.24, 2.45) is 5.73 Å². The van der Waals surface area contributed by atoms with Crippen LogP contribution in [0.5, 0.6) is 0 Å². The normalized spacial score (nSPS) is 12.7. The van der Waals surface area contributed by atoms with E-state index in [1.807, 2.05) is 10.8 Å². The summed E-state index contributed by atoms with van der Waals surface area (Å²) in [7, 11) is 0. The molecular formula is C13H17N3. The number of nitrogens with zero attached hydrogens (tertiary/aromatic N) is 2. The highest BCUT2D eigenvalue weighted by atomic mass is 15.0. The third-order valence-electron chi connectivity index (χ3n) is 2.93. The van der Waals surface area contributed by atoms with E-state index in [9.17, 15) is 0 Å². The summed E-state index contributed by atoms with van der Waals surface area (Å²) in [6.07, 6.45) is 5.49. The van der Waals surface area contributed by atoms with Crippen LogP contribution in [0, 0.1) is 13.8 Å². The number of benzene rings is 1. The minimum atomic E-state index is 0.0218. The first-order chi connectivity index (χ1) is 7.66. The molecule has 3 nitrogen and oxygen atoms in total. The van der Waals surface area contributed by atoms with Crippen LogP contribution in [0.25, 0.3) is 0 Å². The van der Waals surface area contributed by atoms with Crippen LogP contribution in [0.4, 0.5) is 0 Å². The van der Waals surface area contributed by atoms with Crippen molar-refractivity contribution in [2.75, 3.05) is 0 Å². The van der Waals surface area contributed by atoms with Crippen LogP contribution in [0.2, 0.25) is 0 Å². The average molecular weight is 215 g/mol. The zero-order valence-electron chi connectivity index (χ0n) is 9.72. The summed E-state index contributed by atoms with van der Waals surface area (Å²) in [6, 6.07) is 6.41. The fourth-order valence-electron chi connectivity index (χ4n) is 1.72. The van der Waals surface area contributed by atoms with Gasteiger partial charge in [0.1, 0.15) is 0 Å². The van der Waals surface area contributed by atoms with Gasteiger partial charge in [-0.05, 0) is 30.5 Å². The van der Waals surface area contributed by atoms with Gasteiger partial charge in [0.25, 0.3) is 0 Å². The SMILES string of the molecule is Cc1ccc(C(N)Cn2ccnc2)cc1C. The molecule has 16 heavy (non-hydrogen) atoms. The van der Waals surface area contributed by atoms with Crippen LogP contribution in [0.1, 0.15) is 22.7 Å². The van der Waals surface area contributed by atoms with Crippen molar-refractivity contribution in [3.63, 3.8) is 0 Å². The number of hydrogen-bond acceptors (Lipinski definition) is 2. The topological polar surface area (TPSA) is 43.8 Å². The fourth-order valence-corrected chi connectivity index (χ4v) is 1.72. The van der Waals surface area contributed by atoms with Crippen LogP contribution < -0.4 is 5.73 Å². The summed E-state index contributed by atoms with van der Waals surface area (Å²) in [5, 5.41) is 0. The van der Waals surface area contributed by atoms with Gasteiger partial charge < -0.3 is 10.3 Å². The summed E-state index contributed by atoms with van der Waals surface area (Å²) in [5.41, 5.74) is 9.93. The summed E-state index contributed by atoms with van der Waals surface area (Å²) in [5.74, 6) is 0. The minimum Gasteiger partial charge on any atom is -0.336 e. The predicted octanol–water partition coefficient (Wildman–Crippen LogP) is 2.20. The quantitative estimate of drug-likeness (QED) is 0.853. The lowest BCUT2D eigenvalue weighted by atomic mass is 10.0. The van der Waals surface area contributed by atoms with Crippen molar-refractivity contribution in [3.05, 3.63) is 53.6 Å². The summed E-state index contributed by atoms with van der Waals surface area (Å²) in [4.78, 5) is 4.01. The first kappa shape index (κ1) is 10.9. The smallest absolute Gasteiger partial charge is 0.0946 e. The molecule has 1 aromatic heterocycles. The summed E-state index contributed by atoms with van der Waals surface area (Å²) >= 11 is 0. The monoisotopic (exact) mass is 215 g/mol. The van der Waals surface area contributed by atoms with Crippen LogP contribution >= 0.6 is 0 Å². The Balaban J connectivity index is 2.14. The van der Waals surface area contributed by atoms with Gasteiger partial charge in [-0.15, -0.1) is 0 Å². The molecule has 1 unspecified atom stereocenters. The predicted molar refractivity (Wildman–Crippen MR) is 65.1 cm³/mol. The Kier molecular flexibility index (Phi) is 3.06. The molecule has 0 amide bonds. The third kappa shape index (κ3) is 2.31. The third-order valence-corrected chi connectivity index (χ3v) is 2.93. The van der Waals surface area contributed by atoms with E-state index < -0.39 is 0 Å². The van der Waals surface area contributed by atoms with Crippen molar-refractivity contribution in [1.29, 1.82) is 0 Å². The van der Waals surface area contributed by atoms with Crippen molar-refractivity contribution in [2.45, 2.75) is 26.4 Å². The average Bonchev–Trinajstić information content (AvgIpc) is 2.74. The van der Waals surface area contributed by atoms with E-state index in [0.29, 0.717) is 0 Å². The number of aryl methyl sites for hydroxylation is 2. The van der Waals surface area contributed by atoms with E-state index >= 15 is 0 Å². The number of imidazole rings is 1. The van der Waals surface area contributed by atoms with Crippen LogP contribution in [-0.2, 0) is 6.54 Å². The molecule has 0 aliphatic heterocycles. The van der Waals surface area contributed by atoms with Crippen molar-refractivity contribution >= 4 is 0 Å². The van der Waals surface area contributed by atoms with E-state index in [0.717, 1.165) is 6.54 Å². The minimum absolute atomic E-state index is 0.0218. The lowest BCUT2D eigenvalue weighted by Gasteiger charge is -2.14. The van der Waals surface area contributed by atoms with E-state index in [1.54, 1.807) is 12.5 Å². The summed E-state index contributed by atoms with van der Waals surface area (Å²) < 4.78 is 2.00. The lowest BCUT2D eigenvalue weighted by molar-refractivity contribution is 0.576. The molecule has 0 saturated carbocycles. The zero-order chi connectivity index (χ0) is 11.5. The van der Waals surface area contributed by atoms with E-state index in [-0.39, 0.29) is 6.04 Å². The molecule has 0 fully saturated rings. The number of hydrogen-bond donors (Lipinski definition) is 1. The Labute approximate surface area is 95.9 Å². The Hall–Kier alpha value is -1.61. The molecular weight excluding hydrogens is 198 g/mol. The highest BCUT2D eigenvalue weighted by Gasteiger charge is 2.07. The van der Waals surface area contributed by atoms with Crippen LogP contribution in [0.3, 0.4) is 0 Å². The molecule has 2 N–H and O–H groups in total. The number of rotatable bonds is 3. The van der Waals surface area contributed by atoms with E-state index in [4.69, 9.17) is 5.73 Å². The molecule has 0 bridgehead atoms. The fraction of sp³-hybridized carbons (Fsp3) is 0.308. The molecule has 84 valence electrons. The molecule has 1 heterocycles. The van der Waals surface area contributed by atoms with Crippen molar-refractivity contribution < 1.29 is 0 Å². The molecule has 0 spiro atoms. The first-order valence-corrected chi connectivity index (χ1v) is 5.45. The van der Waals surface area contributed by atoms with Gasteiger partial charge in [-0.1, -0.05) is 18.2 Å². The number of aromatic nitrogens is 2. The Bertz CT molecular complexity index is 460. The van der Waals surface area contributed by atoms with Crippen molar-refractivity contribution in [3.8, 4) is 0 Å². The molecule has 0 aliphatic carbocycles. The maximum absolute atomic E-state index is 6.16. The molecule has 0 radical (unpaired) electrons. The lowest BCUT2D eigenvalue weighted by Crippen LogP contribution is -2.17. The van der Waals surface area contributed by atoms with Gasteiger partial charge in [0.05, 0.1) is 6.33 Å². The second-order valence-corrected chi connectivity index (χ2v) is 4.21. The van der Waals surface area contributed by atoms with Crippen LogP contribution in [-0.4, -0.2) is 9.55 Å². The molecule has 2 rings (SSSR count). The molecule has 1 atom stereocenters. The Morgan fingerprint density at radius 3 is 2.75 bits per heavy atom. The maximum atomic E-state index is 6.16. The molecule has 1 aromatic carbocycles. The van der Waals surface area contributed by atoms with Crippen LogP contribution in [0.15, 0.2) is 36.9 Å². The van der Waals surface area contributed by atoms with Gasteiger partial charge >= 0.3 is 0 Å². The second-order valence-electron chi connectivity index (χ2n) is 4.21. The Morgan fingerprint density at radius 1 is 1.31 bits per heavy atom. The maximum Gasteiger partial charge on any atom is 0.0946 e.